The molecule has 9 nitrogen and oxygen atoms in total. The molecule has 2 saturated heterocycles. The van der Waals surface area contributed by atoms with Gasteiger partial charge in [-0.15, -0.1) is 0 Å². The Bertz CT molecular complexity index is 1530. The van der Waals surface area contributed by atoms with Crippen molar-refractivity contribution in [3.05, 3.63) is 69.2 Å². The molecule has 2 aliphatic heterocycles. The van der Waals surface area contributed by atoms with E-state index in [0.29, 0.717) is 29.6 Å². The molecule has 0 bridgehead atoms. The minimum absolute atomic E-state index is 0.0149. The first-order valence-corrected chi connectivity index (χ1v) is 13.4. The van der Waals surface area contributed by atoms with Crippen LogP contribution < -0.4 is 5.32 Å². The predicted octanol–water partition coefficient (Wildman–Crippen LogP) is 3.59. The molecule has 1 aromatic heterocycles. The molecule has 1 atom stereocenters. The largest absolute Gasteiger partial charge is 0.416 e. The van der Waals surface area contributed by atoms with Crippen LogP contribution in [0.1, 0.15) is 16.7 Å². The van der Waals surface area contributed by atoms with Crippen LogP contribution in [0.25, 0.3) is 17.0 Å². The number of aromatic nitrogens is 2. The Morgan fingerprint density at radius 2 is 2.02 bits per heavy atom. The normalized spacial score (nSPS) is 19.3. The monoisotopic (exact) mass is 593 g/mol. The van der Waals surface area contributed by atoms with Gasteiger partial charge >= 0.3 is 6.18 Å². The lowest BCUT2D eigenvalue weighted by Crippen LogP contribution is -2.55. The van der Waals surface area contributed by atoms with Crippen LogP contribution >= 0.6 is 23.4 Å². The van der Waals surface area contributed by atoms with Gasteiger partial charge in [0.05, 0.1) is 35.3 Å². The number of piperazine rings is 1. The summed E-state index contributed by atoms with van der Waals surface area (Å²) in [5, 5.41) is 16.7. The van der Waals surface area contributed by atoms with E-state index in [4.69, 9.17) is 11.6 Å². The molecule has 2 N–H and O–H groups in total. The number of amides is 3. The third-order valence-corrected chi connectivity index (χ3v) is 7.80. The van der Waals surface area contributed by atoms with E-state index in [9.17, 15) is 32.7 Å². The number of hydrogen-bond acceptors (Lipinski definition) is 7. The van der Waals surface area contributed by atoms with Crippen LogP contribution in [0.4, 0.5) is 18.0 Å². The second kappa shape index (κ2) is 11.2. The number of benzene rings is 2. The van der Waals surface area contributed by atoms with Crippen molar-refractivity contribution in [1.82, 2.24) is 24.9 Å². The highest BCUT2D eigenvalue weighted by molar-refractivity contribution is 8.18. The molecule has 2 aliphatic rings. The summed E-state index contributed by atoms with van der Waals surface area (Å²) in [7, 11) is 0. The molecule has 2 fully saturated rings. The predicted molar refractivity (Wildman–Crippen MR) is 143 cm³/mol. The van der Waals surface area contributed by atoms with Crippen molar-refractivity contribution < 1.29 is 32.7 Å². The average molecular weight is 594 g/mol. The fraction of sp³-hybridized carbons (Fsp3) is 0.308. The Morgan fingerprint density at radius 1 is 1.23 bits per heavy atom. The third-order valence-electron chi connectivity index (χ3n) is 6.66. The lowest BCUT2D eigenvalue weighted by Gasteiger charge is -2.33. The summed E-state index contributed by atoms with van der Waals surface area (Å²) in [6.07, 6.45) is -1.54. The van der Waals surface area contributed by atoms with Gasteiger partial charge in [0, 0.05) is 36.1 Å². The van der Waals surface area contributed by atoms with E-state index < -0.39 is 29.4 Å². The van der Waals surface area contributed by atoms with E-state index in [2.05, 4.69) is 10.4 Å². The standard InChI is InChI=1S/C26H23ClF3N5O4S/c27-18-3-2-16(20(9-18)26(28,29)30)11-35-21-4-1-15(7-17(21)10-32-35)8-22-24(38)34(25(39)40-22)13-23(37)33-6-5-31-19(12-33)14-36/h1-4,7-10,19,31,36H,5-6,11-14H2/t19-/m1/s1. The number of hydrogen-bond donors (Lipinski definition) is 2. The number of carbonyl (C=O) groups excluding carboxylic acids is 3. The highest BCUT2D eigenvalue weighted by atomic mass is 35.5. The minimum Gasteiger partial charge on any atom is -0.395 e. The van der Waals surface area contributed by atoms with Gasteiger partial charge in [-0.3, -0.25) is 24.0 Å². The van der Waals surface area contributed by atoms with E-state index in [1.807, 2.05) is 0 Å². The number of aliphatic hydroxyl groups is 1. The van der Waals surface area contributed by atoms with Crippen molar-refractivity contribution in [2.75, 3.05) is 32.8 Å². The average Bonchev–Trinajstić information content (AvgIpc) is 3.44. The van der Waals surface area contributed by atoms with E-state index in [0.717, 1.165) is 22.7 Å². The lowest BCUT2D eigenvalue weighted by molar-refractivity contribution is -0.138. The van der Waals surface area contributed by atoms with Gasteiger partial charge in [0.25, 0.3) is 11.1 Å². The number of thioether (sulfide) groups is 1. The molecule has 0 saturated carbocycles. The Hall–Kier alpha value is -3.39. The van der Waals surface area contributed by atoms with Crippen LogP contribution in [-0.4, -0.2) is 80.6 Å². The van der Waals surface area contributed by atoms with Crippen molar-refractivity contribution in [3.63, 3.8) is 0 Å². The number of nitrogens with zero attached hydrogens (tertiary/aromatic N) is 4. The lowest BCUT2D eigenvalue weighted by atomic mass is 10.1. The molecule has 0 unspecified atom stereocenters. The molecule has 3 aromatic rings. The first-order chi connectivity index (χ1) is 19.0. The summed E-state index contributed by atoms with van der Waals surface area (Å²) in [5.74, 6) is -0.970. The smallest absolute Gasteiger partial charge is 0.395 e. The molecule has 0 radical (unpaired) electrons. The van der Waals surface area contributed by atoms with Gasteiger partial charge in [-0.2, -0.15) is 18.3 Å². The summed E-state index contributed by atoms with van der Waals surface area (Å²) in [6.45, 7) is 0.536. The van der Waals surface area contributed by atoms with Crippen molar-refractivity contribution >= 4 is 57.4 Å². The number of imide groups is 1. The SMILES string of the molecule is O=C(CN1C(=O)SC(=Cc2ccc3c(cnn3Cc3ccc(Cl)cc3C(F)(F)F)c2)C1=O)N1CCN[C@@H](CO)C1. The van der Waals surface area contributed by atoms with Gasteiger partial charge in [0.15, 0.2) is 0 Å². The summed E-state index contributed by atoms with van der Waals surface area (Å²) < 4.78 is 42.0. The maximum absolute atomic E-state index is 13.5. The topological polar surface area (TPSA) is 108 Å². The molecule has 40 heavy (non-hydrogen) atoms. The first-order valence-electron chi connectivity index (χ1n) is 12.2. The van der Waals surface area contributed by atoms with Crippen molar-refractivity contribution in [2.45, 2.75) is 18.8 Å². The fourth-order valence-electron chi connectivity index (χ4n) is 4.63. The Morgan fingerprint density at radius 3 is 2.77 bits per heavy atom. The molecule has 0 spiro atoms. The van der Waals surface area contributed by atoms with Crippen LogP contribution in [0.15, 0.2) is 47.5 Å². The quantitative estimate of drug-likeness (QED) is 0.421. The maximum atomic E-state index is 13.5. The van der Waals surface area contributed by atoms with Gasteiger partial charge in [-0.25, -0.2) is 0 Å². The first kappa shape index (κ1) is 28.1. The summed E-state index contributed by atoms with van der Waals surface area (Å²) in [6, 6.07) is 8.39. The number of halogens is 4. The fourth-order valence-corrected chi connectivity index (χ4v) is 5.64. The van der Waals surface area contributed by atoms with Crippen LogP contribution in [0, 0.1) is 0 Å². The van der Waals surface area contributed by atoms with E-state index in [1.165, 1.54) is 34.0 Å². The summed E-state index contributed by atoms with van der Waals surface area (Å²) in [4.78, 5) is 40.7. The van der Waals surface area contributed by atoms with Gasteiger partial charge < -0.3 is 15.3 Å². The number of carbonyl (C=O) groups is 3. The van der Waals surface area contributed by atoms with Crippen molar-refractivity contribution in [1.29, 1.82) is 0 Å². The van der Waals surface area contributed by atoms with E-state index in [-0.39, 0.29) is 47.1 Å². The van der Waals surface area contributed by atoms with E-state index >= 15 is 0 Å². The second-order valence-corrected chi connectivity index (χ2v) is 10.8. The van der Waals surface area contributed by atoms with Crippen LogP contribution in [-0.2, 0) is 22.3 Å². The summed E-state index contributed by atoms with van der Waals surface area (Å²) in [5.41, 5.74) is 0.344. The molecule has 3 heterocycles. The summed E-state index contributed by atoms with van der Waals surface area (Å²) >= 11 is 6.50. The molecule has 2 aromatic carbocycles. The molecule has 5 rings (SSSR count). The Balaban J connectivity index is 1.31. The molecule has 14 heteroatoms. The van der Waals surface area contributed by atoms with Gasteiger partial charge in [0.2, 0.25) is 5.91 Å². The number of rotatable bonds is 6. The van der Waals surface area contributed by atoms with Crippen LogP contribution in [0.5, 0.6) is 0 Å². The van der Waals surface area contributed by atoms with Crippen molar-refractivity contribution in [2.24, 2.45) is 0 Å². The van der Waals surface area contributed by atoms with Crippen LogP contribution in [0.2, 0.25) is 5.02 Å². The zero-order valence-electron chi connectivity index (χ0n) is 20.8. The highest BCUT2D eigenvalue weighted by Gasteiger charge is 2.38. The van der Waals surface area contributed by atoms with Gasteiger partial charge in [-0.05, 0) is 53.2 Å². The Labute approximate surface area is 235 Å². The number of nitrogens with one attached hydrogen (secondary N) is 1. The van der Waals surface area contributed by atoms with Gasteiger partial charge in [0.1, 0.15) is 6.54 Å². The number of aliphatic hydroxyl groups excluding tert-OH is 1. The number of alkyl halides is 3. The molecule has 3 amide bonds. The maximum Gasteiger partial charge on any atom is 0.416 e. The molecular weight excluding hydrogens is 571 g/mol. The van der Waals surface area contributed by atoms with Gasteiger partial charge in [-0.1, -0.05) is 23.7 Å². The zero-order valence-corrected chi connectivity index (χ0v) is 22.4. The van der Waals surface area contributed by atoms with Crippen molar-refractivity contribution in [3.8, 4) is 0 Å². The third kappa shape index (κ3) is 5.87. The highest BCUT2D eigenvalue weighted by Crippen LogP contribution is 2.35. The molecular formula is C26H23ClF3N5O4S. The minimum atomic E-state index is -4.57. The number of fused-ring (bicyclic) bond motifs is 1. The van der Waals surface area contributed by atoms with Crippen LogP contribution in [0.3, 0.4) is 0 Å². The zero-order chi connectivity index (χ0) is 28.6. The molecule has 0 aliphatic carbocycles. The Kier molecular flexibility index (Phi) is 7.91. The second-order valence-electron chi connectivity index (χ2n) is 9.36. The molecule has 210 valence electrons. The van der Waals surface area contributed by atoms with E-state index in [1.54, 1.807) is 18.2 Å².